The van der Waals surface area contributed by atoms with Crippen LogP contribution in [0, 0.1) is 0 Å². The zero-order chi connectivity index (χ0) is 14.6. The summed E-state index contributed by atoms with van der Waals surface area (Å²) in [5.41, 5.74) is -0.764. The predicted octanol–water partition coefficient (Wildman–Crippen LogP) is 3.72. The second-order valence-electron chi connectivity index (χ2n) is 4.12. The minimum absolute atomic E-state index is 0.0606. The lowest BCUT2D eigenvalue weighted by Gasteiger charge is -2.12. The van der Waals surface area contributed by atoms with E-state index in [0.717, 1.165) is 12.1 Å². The number of hydrogen-bond acceptors (Lipinski definition) is 3. The number of hydrogen-bond donors (Lipinski definition) is 1. The molecule has 0 heterocycles. The Hall–Kier alpha value is -1.43. The van der Waals surface area contributed by atoms with E-state index in [4.69, 9.17) is 16.3 Å². The molecule has 0 amide bonds. The van der Waals surface area contributed by atoms with E-state index in [2.05, 4.69) is 5.32 Å². The fourth-order valence-electron chi connectivity index (χ4n) is 1.33. The molecular weight excluding hydrogens is 283 g/mol. The van der Waals surface area contributed by atoms with Crippen LogP contribution in [0.3, 0.4) is 0 Å². The number of alkyl halides is 3. The number of carbonyl (C=O) groups is 1. The highest BCUT2D eigenvalue weighted by molar-refractivity contribution is 6.30. The highest BCUT2D eigenvalue weighted by atomic mass is 35.5. The van der Waals surface area contributed by atoms with Gasteiger partial charge in [0, 0.05) is 10.7 Å². The fourth-order valence-corrected chi connectivity index (χ4v) is 1.57. The van der Waals surface area contributed by atoms with Crippen LogP contribution in [0.4, 0.5) is 18.9 Å². The van der Waals surface area contributed by atoms with Crippen molar-refractivity contribution in [3.8, 4) is 0 Å². The molecule has 0 aromatic heterocycles. The number of ether oxygens (including phenoxy) is 1. The van der Waals surface area contributed by atoms with E-state index in [1.54, 1.807) is 13.8 Å². The maximum absolute atomic E-state index is 12.5. The van der Waals surface area contributed by atoms with Crippen LogP contribution in [0.5, 0.6) is 0 Å². The Kier molecular flexibility index (Phi) is 5.05. The SMILES string of the molecule is CC(C)OC(=O)CNc1cc(Cl)cc(C(F)(F)F)c1. The van der Waals surface area contributed by atoms with Gasteiger partial charge in [0.1, 0.15) is 6.54 Å². The van der Waals surface area contributed by atoms with Crippen LogP contribution < -0.4 is 5.32 Å². The third-order valence-corrected chi connectivity index (χ3v) is 2.25. The third kappa shape index (κ3) is 5.38. The average molecular weight is 296 g/mol. The fraction of sp³-hybridized carbons (Fsp3) is 0.417. The molecule has 0 unspecified atom stereocenters. The lowest BCUT2D eigenvalue weighted by atomic mass is 10.2. The van der Waals surface area contributed by atoms with Crippen LogP contribution in [0.1, 0.15) is 19.4 Å². The van der Waals surface area contributed by atoms with Gasteiger partial charge in [0.05, 0.1) is 11.7 Å². The van der Waals surface area contributed by atoms with E-state index in [1.807, 2.05) is 0 Å². The standard InChI is InChI=1S/C12H13ClF3NO2/c1-7(2)19-11(18)6-17-10-4-8(12(14,15)16)3-9(13)5-10/h3-5,7,17H,6H2,1-2H3. The van der Waals surface area contributed by atoms with E-state index in [0.29, 0.717) is 0 Å². The third-order valence-electron chi connectivity index (χ3n) is 2.03. The normalized spacial score (nSPS) is 11.5. The first-order valence-electron chi connectivity index (χ1n) is 5.49. The second kappa shape index (κ2) is 6.14. The van der Waals surface area contributed by atoms with Gasteiger partial charge in [-0.15, -0.1) is 0 Å². The summed E-state index contributed by atoms with van der Waals surface area (Å²) in [7, 11) is 0. The van der Waals surface area contributed by atoms with Gasteiger partial charge in [0.15, 0.2) is 0 Å². The maximum atomic E-state index is 12.5. The highest BCUT2D eigenvalue weighted by Gasteiger charge is 2.31. The molecule has 0 radical (unpaired) electrons. The number of anilines is 1. The van der Waals surface area contributed by atoms with Crippen LogP contribution in [0.25, 0.3) is 0 Å². The van der Waals surface area contributed by atoms with Crippen LogP contribution in [-0.2, 0) is 15.7 Å². The van der Waals surface area contributed by atoms with Crippen molar-refractivity contribution in [3.05, 3.63) is 28.8 Å². The molecule has 0 atom stereocenters. The van der Waals surface area contributed by atoms with Crippen molar-refractivity contribution in [3.63, 3.8) is 0 Å². The lowest BCUT2D eigenvalue weighted by Crippen LogP contribution is -2.20. The molecule has 0 aliphatic heterocycles. The summed E-state index contributed by atoms with van der Waals surface area (Å²) in [5.74, 6) is -0.552. The molecule has 0 fully saturated rings. The van der Waals surface area contributed by atoms with Crippen LogP contribution in [0.2, 0.25) is 5.02 Å². The molecule has 0 aliphatic rings. The van der Waals surface area contributed by atoms with Crippen molar-refractivity contribution in [1.29, 1.82) is 0 Å². The minimum atomic E-state index is -4.49. The van der Waals surface area contributed by atoms with E-state index in [9.17, 15) is 18.0 Å². The van der Waals surface area contributed by atoms with Crippen molar-refractivity contribution >= 4 is 23.3 Å². The number of carbonyl (C=O) groups excluding carboxylic acids is 1. The minimum Gasteiger partial charge on any atom is -0.462 e. The monoisotopic (exact) mass is 295 g/mol. The average Bonchev–Trinajstić information content (AvgIpc) is 2.23. The summed E-state index contributed by atoms with van der Waals surface area (Å²) in [6.07, 6.45) is -4.76. The quantitative estimate of drug-likeness (QED) is 0.860. The smallest absolute Gasteiger partial charge is 0.416 e. The van der Waals surface area contributed by atoms with Crippen LogP contribution >= 0.6 is 11.6 Å². The molecule has 1 aromatic rings. The number of rotatable bonds is 4. The topological polar surface area (TPSA) is 38.3 Å². The van der Waals surface area contributed by atoms with Crippen molar-refractivity contribution in [1.82, 2.24) is 0 Å². The number of nitrogens with one attached hydrogen (secondary N) is 1. The first-order valence-corrected chi connectivity index (χ1v) is 5.87. The molecule has 7 heteroatoms. The lowest BCUT2D eigenvalue weighted by molar-refractivity contribution is -0.145. The van der Waals surface area contributed by atoms with E-state index < -0.39 is 17.7 Å². The van der Waals surface area contributed by atoms with Gasteiger partial charge in [-0.05, 0) is 32.0 Å². The summed E-state index contributed by atoms with van der Waals surface area (Å²) >= 11 is 5.60. The Morgan fingerprint density at radius 3 is 2.53 bits per heavy atom. The van der Waals surface area contributed by atoms with Gasteiger partial charge in [0.25, 0.3) is 0 Å². The maximum Gasteiger partial charge on any atom is 0.416 e. The number of halogens is 4. The van der Waals surface area contributed by atoms with E-state index in [-0.39, 0.29) is 23.4 Å². The predicted molar refractivity (Wildman–Crippen MR) is 66.2 cm³/mol. The van der Waals surface area contributed by atoms with E-state index >= 15 is 0 Å². The summed E-state index contributed by atoms with van der Waals surface area (Å²) in [6.45, 7) is 3.13. The molecule has 0 saturated heterocycles. The molecule has 0 bridgehead atoms. The van der Waals surface area contributed by atoms with Gasteiger partial charge in [-0.25, -0.2) is 0 Å². The summed E-state index contributed by atoms with van der Waals surface area (Å²) in [4.78, 5) is 11.3. The molecule has 0 aliphatic carbocycles. The Bertz CT molecular complexity index is 461. The summed E-state index contributed by atoms with van der Waals surface area (Å²) in [5, 5.41) is 2.48. The zero-order valence-electron chi connectivity index (χ0n) is 10.3. The molecule has 1 aromatic carbocycles. The number of esters is 1. The molecule has 106 valence electrons. The van der Waals surface area contributed by atoms with Gasteiger partial charge in [-0.2, -0.15) is 13.2 Å². The molecule has 0 saturated carbocycles. The Morgan fingerprint density at radius 2 is 2.00 bits per heavy atom. The van der Waals surface area contributed by atoms with E-state index in [1.165, 1.54) is 6.07 Å². The molecule has 19 heavy (non-hydrogen) atoms. The second-order valence-corrected chi connectivity index (χ2v) is 4.55. The molecule has 1 rings (SSSR count). The zero-order valence-corrected chi connectivity index (χ0v) is 11.1. The molecule has 3 nitrogen and oxygen atoms in total. The first kappa shape index (κ1) is 15.6. The van der Waals surface area contributed by atoms with Crippen LogP contribution in [-0.4, -0.2) is 18.6 Å². The van der Waals surface area contributed by atoms with Gasteiger partial charge < -0.3 is 10.1 Å². The van der Waals surface area contributed by atoms with Crippen molar-refractivity contribution in [2.45, 2.75) is 26.1 Å². The number of benzene rings is 1. The summed E-state index contributed by atoms with van der Waals surface area (Å²) < 4.78 is 42.5. The summed E-state index contributed by atoms with van der Waals surface area (Å²) in [6, 6.07) is 3.01. The molecule has 0 spiro atoms. The van der Waals surface area contributed by atoms with Gasteiger partial charge in [0.2, 0.25) is 0 Å². The molecular formula is C12H13ClF3NO2. The van der Waals surface area contributed by atoms with Crippen molar-refractivity contribution in [2.24, 2.45) is 0 Å². The van der Waals surface area contributed by atoms with Crippen molar-refractivity contribution < 1.29 is 22.7 Å². The highest BCUT2D eigenvalue weighted by Crippen LogP contribution is 2.33. The Morgan fingerprint density at radius 1 is 1.37 bits per heavy atom. The molecule has 1 N–H and O–H groups in total. The van der Waals surface area contributed by atoms with Gasteiger partial charge in [-0.1, -0.05) is 11.6 Å². The Labute approximate surface area is 113 Å². The largest absolute Gasteiger partial charge is 0.462 e. The van der Waals surface area contributed by atoms with Gasteiger partial charge in [-0.3, -0.25) is 4.79 Å². The Balaban J connectivity index is 2.74. The van der Waals surface area contributed by atoms with Crippen molar-refractivity contribution in [2.75, 3.05) is 11.9 Å². The van der Waals surface area contributed by atoms with Gasteiger partial charge >= 0.3 is 12.1 Å². The van der Waals surface area contributed by atoms with Crippen LogP contribution in [0.15, 0.2) is 18.2 Å². The first-order chi connectivity index (χ1) is 8.68.